The number of carbonyl (C=O) groups is 1. The summed E-state index contributed by atoms with van der Waals surface area (Å²) in [7, 11) is 1.77. The van der Waals surface area contributed by atoms with E-state index in [2.05, 4.69) is 0 Å². The van der Waals surface area contributed by atoms with Gasteiger partial charge in [0.15, 0.2) is 0 Å². The highest BCUT2D eigenvalue weighted by Gasteiger charge is 2.16. The van der Waals surface area contributed by atoms with Gasteiger partial charge in [-0.25, -0.2) is 0 Å². The van der Waals surface area contributed by atoms with Crippen LogP contribution in [0, 0.1) is 0 Å². The summed E-state index contributed by atoms with van der Waals surface area (Å²) in [4.78, 5) is 13.7. The second kappa shape index (κ2) is 9.01. The van der Waals surface area contributed by atoms with E-state index in [-0.39, 0.29) is 18.6 Å². The van der Waals surface area contributed by atoms with Gasteiger partial charge in [-0.2, -0.15) is 0 Å². The summed E-state index contributed by atoms with van der Waals surface area (Å²) in [6.45, 7) is 1.13. The molecule has 0 aliphatic heterocycles. The zero-order chi connectivity index (χ0) is 15.8. The van der Waals surface area contributed by atoms with E-state index in [1.54, 1.807) is 24.1 Å². The van der Waals surface area contributed by atoms with E-state index >= 15 is 0 Å². The number of nitrogens with zero attached hydrogens (tertiary/aromatic N) is 1. The van der Waals surface area contributed by atoms with Crippen molar-refractivity contribution in [2.45, 2.75) is 38.2 Å². The van der Waals surface area contributed by atoms with Crippen LogP contribution in [-0.4, -0.2) is 43.7 Å². The standard InChI is InChI=1S/C17H24ClNO3/c1-19(10-11-21-16-9-5-6-14(18)12-16)17(20)13-22-15-7-3-2-4-8-15/h5-6,9,12,15H,2-4,7-8,10-11,13H2,1H3. The molecular weight excluding hydrogens is 302 g/mol. The molecule has 4 nitrogen and oxygen atoms in total. The summed E-state index contributed by atoms with van der Waals surface area (Å²) in [6, 6.07) is 7.24. The third kappa shape index (κ3) is 5.85. The molecule has 1 aliphatic carbocycles. The number of halogens is 1. The maximum absolute atomic E-state index is 12.0. The molecule has 0 bridgehead atoms. The highest BCUT2D eigenvalue weighted by Crippen LogP contribution is 2.20. The van der Waals surface area contributed by atoms with Gasteiger partial charge in [-0.3, -0.25) is 4.79 Å². The molecule has 1 aromatic rings. The Balaban J connectivity index is 1.63. The minimum Gasteiger partial charge on any atom is -0.492 e. The lowest BCUT2D eigenvalue weighted by Crippen LogP contribution is -2.35. The summed E-state index contributed by atoms with van der Waals surface area (Å²) in [5, 5.41) is 0.641. The van der Waals surface area contributed by atoms with Crippen molar-refractivity contribution in [1.29, 1.82) is 0 Å². The van der Waals surface area contributed by atoms with E-state index in [4.69, 9.17) is 21.1 Å². The molecule has 0 atom stereocenters. The summed E-state index contributed by atoms with van der Waals surface area (Å²) in [5.41, 5.74) is 0. The topological polar surface area (TPSA) is 38.8 Å². The average molecular weight is 326 g/mol. The van der Waals surface area contributed by atoms with Crippen LogP contribution >= 0.6 is 11.6 Å². The van der Waals surface area contributed by atoms with E-state index in [9.17, 15) is 4.79 Å². The minimum atomic E-state index is 0.000248. The van der Waals surface area contributed by atoms with Gasteiger partial charge < -0.3 is 14.4 Å². The van der Waals surface area contributed by atoms with Crippen LogP contribution in [0.2, 0.25) is 5.02 Å². The lowest BCUT2D eigenvalue weighted by Gasteiger charge is -2.23. The highest BCUT2D eigenvalue weighted by molar-refractivity contribution is 6.30. The monoisotopic (exact) mass is 325 g/mol. The summed E-state index contributed by atoms with van der Waals surface area (Å²) in [5.74, 6) is 0.715. The SMILES string of the molecule is CN(CCOc1cccc(Cl)c1)C(=O)COC1CCCCC1. The highest BCUT2D eigenvalue weighted by atomic mass is 35.5. The smallest absolute Gasteiger partial charge is 0.248 e. The van der Waals surface area contributed by atoms with Crippen LogP contribution < -0.4 is 4.74 Å². The van der Waals surface area contributed by atoms with Gasteiger partial charge in [0.2, 0.25) is 5.91 Å². The maximum Gasteiger partial charge on any atom is 0.248 e. The zero-order valence-corrected chi connectivity index (χ0v) is 13.8. The van der Waals surface area contributed by atoms with Crippen molar-refractivity contribution in [3.63, 3.8) is 0 Å². The number of amides is 1. The Hall–Kier alpha value is -1.26. The van der Waals surface area contributed by atoms with Crippen molar-refractivity contribution in [1.82, 2.24) is 4.90 Å². The summed E-state index contributed by atoms with van der Waals surface area (Å²) in [6.07, 6.45) is 6.12. The number of benzene rings is 1. The first-order valence-corrected chi connectivity index (χ1v) is 8.27. The van der Waals surface area contributed by atoms with Crippen molar-refractivity contribution in [3.8, 4) is 5.75 Å². The number of hydrogen-bond donors (Lipinski definition) is 0. The predicted octanol–water partition coefficient (Wildman–Crippen LogP) is 3.53. The van der Waals surface area contributed by atoms with Crippen LogP contribution in [0.25, 0.3) is 0 Å². The molecule has 122 valence electrons. The van der Waals surface area contributed by atoms with E-state index in [0.29, 0.717) is 23.9 Å². The van der Waals surface area contributed by atoms with Crippen LogP contribution in [0.1, 0.15) is 32.1 Å². The quantitative estimate of drug-likeness (QED) is 0.770. The van der Waals surface area contributed by atoms with Crippen molar-refractivity contribution >= 4 is 17.5 Å². The molecular formula is C17H24ClNO3. The second-order valence-corrected chi connectivity index (χ2v) is 6.13. The molecule has 0 heterocycles. The van der Waals surface area contributed by atoms with Gasteiger partial charge in [-0.15, -0.1) is 0 Å². The van der Waals surface area contributed by atoms with Crippen molar-refractivity contribution < 1.29 is 14.3 Å². The summed E-state index contributed by atoms with van der Waals surface area (Å²) >= 11 is 5.89. The van der Waals surface area contributed by atoms with Gasteiger partial charge in [-0.05, 0) is 31.0 Å². The Labute approximate surface area is 137 Å². The van der Waals surface area contributed by atoms with E-state index in [1.165, 1.54) is 19.3 Å². The molecule has 0 unspecified atom stereocenters. The molecule has 0 radical (unpaired) electrons. The lowest BCUT2D eigenvalue weighted by molar-refractivity contribution is -0.137. The Bertz CT molecular complexity index is 475. The van der Waals surface area contributed by atoms with Crippen LogP contribution in [-0.2, 0) is 9.53 Å². The number of rotatable bonds is 7. The molecule has 0 saturated heterocycles. The van der Waals surface area contributed by atoms with Crippen LogP contribution in [0.3, 0.4) is 0 Å². The molecule has 0 aromatic heterocycles. The van der Waals surface area contributed by atoms with Gasteiger partial charge >= 0.3 is 0 Å². The van der Waals surface area contributed by atoms with Crippen LogP contribution in [0.5, 0.6) is 5.75 Å². The molecule has 1 fully saturated rings. The molecule has 22 heavy (non-hydrogen) atoms. The first-order chi connectivity index (χ1) is 10.6. The van der Waals surface area contributed by atoms with Crippen LogP contribution in [0.15, 0.2) is 24.3 Å². The number of carbonyl (C=O) groups excluding carboxylic acids is 1. The first kappa shape index (κ1) is 17.1. The van der Waals surface area contributed by atoms with E-state index < -0.39 is 0 Å². The molecule has 2 rings (SSSR count). The molecule has 1 aliphatic rings. The van der Waals surface area contributed by atoms with Gasteiger partial charge in [0.25, 0.3) is 0 Å². The summed E-state index contributed by atoms with van der Waals surface area (Å²) < 4.78 is 11.3. The number of likely N-dealkylation sites (N-methyl/N-ethyl adjacent to an activating group) is 1. The number of hydrogen-bond acceptors (Lipinski definition) is 3. The van der Waals surface area contributed by atoms with Gasteiger partial charge in [0.1, 0.15) is 19.0 Å². The third-order valence-corrected chi connectivity index (χ3v) is 4.15. The Morgan fingerprint density at radius 1 is 1.32 bits per heavy atom. The van der Waals surface area contributed by atoms with Gasteiger partial charge in [0, 0.05) is 12.1 Å². The Morgan fingerprint density at radius 3 is 2.82 bits per heavy atom. The fourth-order valence-corrected chi connectivity index (χ4v) is 2.69. The van der Waals surface area contributed by atoms with Crippen LogP contribution in [0.4, 0.5) is 0 Å². The predicted molar refractivity (Wildman–Crippen MR) is 87.4 cm³/mol. The molecule has 0 N–H and O–H groups in total. The Morgan fingerprint density at radius 2 is 2.09 bits per heavy atom. The van der Waals surface area contributed by atoms with E-state index in [1.807, 2.05) is 12.1 Å². The van der Waals surface area contributed by atoms with Gasteiger partial charge in [0.05, 0.1) is 12.6 Å². The molecule has 1 aromatic carbocycles. The average Bonchev–Trinajstić information content (AvgIpc) is 2.53. The molecule has 1 saturated carbocycles. The fraction of sp³-hybridized carbons (Fsp3) is 0.588. The minimum absolute atomic E-state index is 0.000248. The third-order valence-electron chi connectivity index (χ3n) is 3.91. The van der Waals surface area contributed by atoms with Crippen molar-refractivity contribution in [2.75, 3.05) is 26.8 Å². The molecule has 0 spiro atoms. The first-order valence-electron chi connectivity index (χ1n) is 7.89. The number of ether oxygens (including phenoxy) is 2. The lowest BCUT2D eigenvalue weighted by atomic mass is 9.98. The Kier molecular flexibility index (Phi) is 7.00. The van der Waals surface area contributed by atoms with Gasteiger partial charge in [-0.1, -0.05) is 36.9 Å². The second-order valence-electron chi connectivity index (χ2n) is 5.69. The van der Waals surface area contributed by atoms with E-state index in [0.717, 1.165) is 12.8 Å². The normalized spacial score (nSPS) is 15.5. The maximum atomic E-state index is 12.0. The van der Waals surface area contributed by atoms with Crippen molar-refractivity contribution in [3.05, 3.63) is 29.3 Å². The van der Waals surface area contributed by atoms with Crippen molar-refractivity contribution in [2.24, 2.45) is 0 Å². The molecule has 1 amide bonds. The molecule has 5 heteroatoms. The zero-order valence-electron chi connectivity index (χ0n) is 13.1. The fourth-order valence-electron chi connectivity index (χ4n) is 2.51. The largest absolute Gasteiger partial charge is 0.492 e.